The number of fused-ring (bicyclic) bond motifs is 1. The minimum atomic E-state index is -2.52. The second-order valence-electron chi connectivity index (χ2n) is 8.90. The number of halogens is 2. The van der Waals surface area contributed by atoms with Crippen LogP contribution in [-0.4, -0.2) is 51.0 Å². The predicted molar refractivity (Wildman–Crippen MR) is 107 cm³/mol. The lowest BCUT2D eigenvalue weighted by atomic mass is 9.79. The number of carbonyl (C=O) groups is 1. The standard InChI is InChI=1S/C22H29F2N3O2/c1-14-2-3-18-19(10-14)26-20(25-18)11-16-13-27(9-6-15(16)12-21(28)29)17-4-7-22(23,24)8-5-17/h2-3,10,15-17H,4-9,11-13H2,1H3,(H,25,26)(H,28,29). The van der Waals surface area contributed by atoms with Crippen LogP contribution in [0.3, 0.4) is 0 Å². The van der Waals surface area contributed by atoms with Crippen LogP contribution in [0.15, 0.2) is 18.2 Å². The minimum Gasteiger partial charge on any atom is -0.481 e. The number of carboxylic acids is 1. The van der Waals surface area contributed by atoms with Crippen molar-refractivity contribution in [2.45, 2.75) is 63.8 Å². The van der Waals surface area contributed by atoms with Crippen LogP contribution in [0, 0.1) is 18.8 Å². The SMILES string of the molecule is Cc1ccc2nc(CC3CN(C4CCC(F)(F)CC4)CCC3CC(=O)O)[nH]c2c1. The normalized spacial score (nSPS) is 26.0. The summed E-state index contributed by atoms with van der Waals surface area (Å²) in [6.45, 7) is 3.59. The van der Waals surface area contributed by atoms with E-state index in [0.29, 0.717) is 19.3 Å². The zero-order valence-corrected chi connectivity index (χ0v) is 16.8. The van der Waals surface area contributed by atoms with E-state index in [2.05, 4.69) is 16.0 Å². The quantitative estimate of drug-likeness (QED) is 0.773. The number of hydrogen-bond acceptors (Lipinski definition) is 3. The Morgan fingerprint density at radius 1 is 1.28 bits per heavy atom. The van der Waals surface area contributed by atoms with Crippen molar-refractivity contribution in [2.75, 3.05) is 13.1 Å². The molecule has 2 aliphatic rings. The molecular weight excluding hydrogens is 376 g/mol. The number of imidazole rings is 1. The summed E-state index contributed by atoms with van der Waals surface area (Å²) >= 11 is 0. The summed E-state index contributed by atoms with van der Waals surface area (Å²) < 4.78 is 27.1. The zero-order chi connectivity index (χ0) is 20.6. The van der Waals surface area contributed by atoms with Crippen LogP contribution >= 0.6 is 0 Å². The monoisotopic (exact) mass is 405 g/mol. The lowest BCUT2D eigenvalue weighted by Gasteiger charge is -2.44. The van der Waals surface area contributed by atoms with E-state index in [4.69, 9.17) is 4.98 Å². The number of piperidine rings is 1. The maximum atomic E-state index is 13.5. The first-order chi connectivity index (χ1) is 13.8. The van der Waals surface area contributed by atoms with E-state index < -0.39 is 11.9 Å². The number of likely N-dealkylation sites (tertiary alicyclic amines) is 1. The van der Waals surface area contributed by atoms with Gasteiger partial charge in [0.15, 0.2) is 0 Å². The van der Waals surface area contributed by atoms with Crippen molar-refractivity contribution in [1.82, 2.24) is 14.9 Å². The van der Waals surface area contributed by atoms with Gasteiger partial charge in [0.2, 0.25) is 5.92 Å². The lowest BCUT2D eigenvalue weighted by Crippen LogP contribution is -2.49. The number of nitrogens with zero attached hydrogens (tertiary/aromatic N) is 2. The molecule has 1 aromatic carbocycles. The van der Waals surface area contributed by atoms with Crippen LogP contribution in [0.25, 0.3) is 11.0 Å². The first-order valence-electron chi connectivity index (χ1n) is 10.6. The number of H-pyrrole nitrogens is 1. The molecule has 2 aromatic rings. The molecular formula is C22H29F2N3O2. The van der Waals surface area contributed by atoms with E-state index in [0.717, 1.165) is 41.9 Å². The fourth-order valence-corrected chi connectivity index (χ4v) is 5.08. The Kier molecular flexibility index (Phi) is 5.60. The van der Waals surface area contributed by atoms with Gasteiger partial charge >= 0.3 is 5.97 Å². The van der Waals surface area contributed by atoms with E-state index in [1.165, 1.54) is 0 Å². The largest absolute Gasteiger partial charge is 0.481 e. The molecule has 2 heterocycles. The molecule has 2 unspecified atom stereocenters. The van der Waals surface area contributed by atoms with Gasteiger partial charge in [-0.05, 0) is 62.3 Å². The molecule has 1 saturated heterocycles. The Morgan fingerprint density at radius 3 is 2.76 bits per heavy atom. The molecule has 0 radical (unpaired) electrons. The van der Waals surface area contributed by atoms with Crippen LogP contribution in [0.5, 0.6) is 0 Å². The zero-order valence-electron chi connectivity index (χ0n) is 16.8. The Hall–Kier alpha value is -2.02. The van der Waals surface area contributed by atoms with E-state index in [9.17, 15) is 18.7 Å². The summed E-state index contributed by atoms with van der Waals surface area (Å²) in [5.41, 5.74) is 3.08. The number of benzene rings is 1. The summed E-state index contributed by atoms with van der Waals surface area (Å²) in [4.78, 5) is 21.8. The van der Waals surface area contributed by atoms with Gasteiger partial charge in [-0.3, -0.25) is 4.79 Å². The smallest absolute Gasteiger partial charge is 0.303 e. The highest BCUT2D eigenvalue weighted by molar-refractivity contribution is 5.75. The Bertz CT molecular complexity index is 872. The van der Waals surface area contributed by atoms with Gasteiger partial charge in [-0.25, -0.2) is 13.8 Å². The molecule has 1 aliphatic carbocycles. The second-order valence-corrected chi connectivity index (χ2v) is 8.90. The molecule has 2 fully saturated rings. The maximum Gasteiger partial charge on any atom is 0.303 e. The van der Waals surface area contributed by atoms with Crippen LogP contribution in [0.4, 0.5) is 8.78 Å². The average molecular weight is 405 g/mol. The fraction of sp³-hybridized carbons (Fsp3) is 0.636. The molecule has 4 rings (SSSR count). The van der Waals surface area contributed by atoms with E-state index >= 15 is 0 Å². The predicted octanol–water partition coefficient (Wildman–Crippen LogP) is 4.40. The summed E-state index contributed by atoms with van der Waals surface area (Å²) in [5, 5.41) is 9.35. The molecule has 1 aromatic heterocycles. The number of aryl methyl sites for hydroxylation is 1. The number of alkyl halides is 2. The van der Waals surface area contributed by atoms with Crippen LogP contribution < -0.4 is 0 Å². The molecule has 0 spiro atoms. The van der Waals surface area contributed by atoms with Crippen molar-refractivity contribution in [3.05, 3.63) is 29.6 Å². The molecule has 1 aliphatic heterocycles. The summed E-state index contributed by atoms with van der Waals surface area (Å²) in [6.07, 6.45) is 2.59. The molecule has 1 saturated carbocycles. The van der Waals surface area contributed by atoms with Gasteiger partial charge in [0.25, 0.3) is 0 Å². The maximum absolute atomic E-state index is 13.5. The summed E-state index contributed by atoms with van der Waals surface area (Å²) in [5.74, 6) is -2.18. The number of aliphatic carboxylic acids is 1. The van der Waals surface area contributed by atoms with Crippen LogP contribution in [-0.2, 0) is 11.2 Å². The number of carboxylic acid groups (broad SMARTS) is 1. The van der Waals surface area contributed by atoms with Crippen molar-refractivity contribution in [2.24, 2.45) is 11.8 Å². The van der Waals surface area contributed by atoms with Gasteiger partial charge in [-0.15, -0.1) is 0 Å². The fourth-order valence-electron chi connectivity index (χ4n) is 5.08. The topological polar surface area (TPSA) is 69.2 Å². The molecule has 29 heavy (non-hydrogen) atoms. The number of aromatic nitrogens is 2. The summed E-state index contributed by atoms with van der Waals surface area (Å²) in [7, 11) is 0. The Labute approximate surface area is 169 Å². The average Bonchev–Trinajstić information content (AvgIpc) is 3.04. The Morgan fingerprint density at radius 2 is 2.03 bits per heavy atom. The van der Waals surface area contributed by atoms with Crippen LogP contribution in [0.2, 0.25) is 0 Å². The number of hydrogen-bond donors (Lipinski definition) is 2. The van der Waals surface area contributed by atoms with Gasteiger partial charge < -0.3 is 15.0 Å². The number of rotatable bonds is 5. The van der Waals surface area contributed by atoms with Gasteiger partial charge in [-0.1, -0.05) is 6.07 Å². The summed E-state index contributed by atoms with van der Waals surface area (Å²) in [6, 6.07) is 6.27. The van der Waals surface area contributed by atoms with Gasteiger partial charge in [0.1, 0.15) is 5.82 Å². The molecule has 5 nitrogen and oxygen atoms in total. The van der Waals surface area contributed by atoms with Crippen LogP contribution in [0.1, 0.15) is 49.9 Å². The van der Waals surface area contributed by atoms with Gasteiger partial charge in [-0.2, -0.15) is 0 Å². The first kappa shape index (κ1) is 20.3. The third kappa shape index (κ3) is 4.77. The van der Waals surface area contributed by atoms with E-state index in [-0.39, 0.29) is 37.1 Å². The Balaban J connectivity index is 1.49. The third-order valence-electron chi connectivity index (χ3n) is 6.70. The molecule has 0 amide bonds. The highest BCUT2D eigenvalue weighted by Crippen LogP contribution is 2.38. The third-order valence-corrected chi connectivity index (χ3v) is 6.70. The second kappa shape index (κ2) is 8.01. The highest BCUT2D eigenvalue weighted by atomic mass is 19.3. The van der Waals surface area contributed by atoms with Crippen molar-refractivity contribution in [1.29, 1.82) is 0 Å². The van der Waals surface area contributed by atoms with Gasteiger partial charge in [0.05, 0.1) is 11.0 Å². The van der Waals surface area contributed by atoms with E-state index in [1.807, 2.05) is 19.1 Å². The lowest BCUT2D eigenvalue weighted by molar-refractivity contribution is -0.139. The van der Waals surface area contributed by atoms with E-state index in [1.54, 1.807) is 0 Å². The van der Waals surface area contributed by atoms with Crippen molar-refractivity contribution in [3.63, 3.8) is 0 Å². The van der Waals surface area contributed by atoms with Gasteiger partial charge in [0, 0.05) is 38.3 Å². The number of aromatic amines is 1. The molecule has 2 N–H and O–H groups in total. The number of nitrogens with one attached hydrogen (secondary N) is 1. The van der Waals surface area contributed by atoms with Crippen molar-refractivity contribution in [3.8, 4) is 0 Å². The van der Waals surface area contributed by atoms with Crippen molar-refractivity contribution < 1.29 is 18.7 Å². The van der Waals surface area contributed by atoms with Crippen molar-refractivity contribution >= 4 is 17.0 Å². The highest BCUT2D eigenvalue weighted by Gasteiger charge is 2.40. The molecule has 0 bridgehead atoms. The first-order valence-corrected chi connectivity index (χ1v) is 10.6. The molecule has 158 valence electrons. The molecule has 7 heteroatoms. The minimum absolute atomic E-state index is 0.0414. The molecule has 2 atom stereocenters.